The monoisotopic (exact) mass is 255 g/mol. The molecule has 94 valence electrons. The molecule has 1 aliphatic carbocycles. The molecule has 0 spiro atoms. The Morgan fingerprint density at radius 2 is 2.24 bits per heavy atom. The van der Waals surface area contributed by atoms with Crippen molar-refractivity contribution in [2.45, 2.75) is 37.1 Å². The van der Waals surface area contributed by atoms with Crippen LogP contribution in [0.4, 0.5) is 5.69 Å². The molecule has 1 saturated carbocycles. The Kier molecular flexibility index (Phi) is 3.35. The third-order valence-electron chi connectivity index (χ3n) is 3.30. The second kappa shape index (κ2) is 4.62. The summed E-state index contributed by atoms with van der Waals surface area (Å²) in [7, 11) is -3.55. The zero-order valence-corrected chi connectivity index (χ0v) is 10.6. The van der Waals surface area contributed by atoms with Gasteiger partial charge in [0.05, 0.1) is 5.69 Å². The van der Waals surface area contributed by atoms with Crippen molar-refractivity contribution in [3.8, 4) is 0 Å². The van der Waals surface area contributed by atoms with Gasteiger partial charge in [0.25, 0.3) is 0 Å². The molecular weight excluding hydrogens is 238 g/mol. The van der Waals surface area contributed by atoms with Gasteiger partial charge in [-0.2, -0.15) is 0 Å². The molecule has 5 nitrogen and oxygen atoms in total. The average molecular weight is 255 g/mol. The van der Waals surface area contributed by atoms with E-state index in [4.69, 9.17) is 5.73 Å². The van der Waals surface area contributed by atoms with Crippen LogP contribution in [-0.2, 0) is 10.0 Å². The predicted molar refractivity (Wildman–Crippen MR) is 65.8 cm³/mol. The quantitative estimate of drug-likeness (QED) is 0.844. The van der Waals surface area contributed by atoms with E-state index in [-0.39, 0.29) is 16.6 Å². The van der Waals surface area contributed by atoms with Crippen LogP contribution in [0.1, 0.15) is 26.2 Å². The van der Waals surface area contributed by atoms with Gasteiger partial charge in [-0.1, -0.05) is 6.42 Å². The van der Waals surface area contributed by atoms with Crippen LogP contribution in [0.25, 0.3) is 0 Å². The topological polar surface area (TPSA) is 85.1 Å². The Hall–Kier alpha value is -1.14. The van der Waals surface area contributed by atoms with Crippen molar-refractivity contribution >= 4 is 15.7 Å². The molecule has 1 heterocycles. The first kappa shape index (κ1) is 12.3. The summed E-state index contributed by atoms with van der Waals surface area (Å²) in [5, 5.41) is 0. The van der Waals surface area contributed by atoms with Crippen LogP contribution < -0.4 is 10.5 Å². The molecule has 1 aromatic rings. The maximum atomic E-state index is 12.1. The Morgan fingerprint density at radius 1 is 1.53 bits per heavy atom. The van der Waals surface area contributed by atoms with E-state index >= 15 is 0 Å². The van der Waals surface area contributed by atoms with Crippen molar-refractivity contribution in [1.29, 1.82) is 0 Å². The van der Waals surface area contributed by atoms with Crippen LogP contribution in [-0.4, -0.2) is 19.4 Å². The molecule has 6 heteroatoms. The molecule has 0 aromatic carbocycles. The van der Waals surface area contributed by atoms with Gasteiger partial charge in [-0.25, -0.2) is 13.1 Å². The fourth-order valence-corrected chi connectivity index (χ4v) is 3.35. The summed E-state index contributed by atoms with van der Waals surface area (Å²) in [6.45, 7) is 1.90. The Labute approximate surface area is 101 Å². The smallest absolute Gasteiger partial charge is 0.244 e. The van der Waals surface area contributed by atoms with E-state index < -0.39 is 10.0 Å². The zero-order chi connectivity index (χ0) is 12.5. The van der Waals surface area contributed by atoms with Crippen LogP contribution in [0.5, 0.6) is 0 Å². The second-order valence-corrected chi connectivity index (χ2v) is 6.20. The lowest BCUT2D eigenvalue weighted by Crippen LogP contribution is -2.40. The molecule has 0 radical (unpaired) electrons. The first-order chi connectivity index (χ1) is 8.00. The molecule has 0 amide bonds. The SMILES string of the molecule is CC(NS(=O)(=O)c1cnccc1N)C1CCC1. The minimum Gasteiger partial charge on any atom is -0.398 e. The maximum absolute atomic E-state index is 12.1. The number of sulfonamides is 1. The van der Waals surface area contributed by atoms with Crippen LogP contribution in [0.2, 0.25) is 0 Å². The number of nitrogens with two attached hydrogens (primary N) is 1. The lowest BCUT2D eigenvalue weighted by molar-refractivity contribution is 0.260. The third kappa shape index (κ3) is 2.58. The van der Waals surface area contributed by atoms with Crippen molar-refractivity contribution in [3.05, 3.63) is 18.5 Å². The molecule has 1 unspecified atom stereocenters. The minimum absolute atomic E-state index is 0.0478. The number of hydrogen-bond donors (Lipinski definition) is 2. The number of nitrogens with one attached hydrogen (secondary N) is 1. The molecule has 0 aliphatic heterocycles. The highest BCUT2D eigenvalue weighted by atomic mass is 32.2. The van der Waals surface area contributed by atoms with Gasteiger partial charge in [0, 0.05) is 18.4 Å². The lowest BCUT2D eigenvalue weighted by Gasteiger charge is -2.31. The predicted octanol–water partition coefficient (Wildman–Crippen LogP) is 1.13. The molecule has 3 N–H and O–H groups in total. The van der Waals surface area contributed by atoms with Crippen LogP contribution >= 0.6 is 0 Å². The van der Waals surface area contributed by atoms with E-state index in [0.29, 0.717) is 5.92 Å². The summed E-state index contributed by atoms with van der Waals surface area (Å²) in [5.74, 6) is 0.447. The van der Waals surface area contributed by atoms with E-state index in [2.05, 4.69) is 9.71 Å². The molecule has 1 aromatic heterocycles. The normalized spacial score (nSPS) is 18.6. The number of nitrogen functional groups attached to an aromatic ring is 1. The number of rotatable bonds is 4. The number of pyridine rings is 1. The van der Waals surface area contributed by atoms with Crippen molar-refractivity contribution in [2.24, 2.45) is 5.92 Å². The van der Waals surface area contributed by atoms with Crippen LogP contribution in [0.3, 0.4) is 0 Å². The molecule has 0 bridgehead atoms. The van der Waals surface area contributed by atoms with E-state index in [1.54, 1.807) is 0 Å². The van der Waals surface area contributed by atoms with E-state index in [9.17, 15) is 8.42 Å². The third-order valence-corrected chi connectivity index (χ3v) is 4.91. The number of anilines is 1. The van der Waals surface area contributed by atoms with Crippen molar-refractivity contribution in [3.63, 3.8) is 0 Å². The fourth-order valence-electron chi connectivity index (χ4n) is 1.96. The zero-order valence-electron chi connectivity index (χ0n) is 9.76. The van der Waals surface area contributed by atoms with Crippen LogP contribution in [0.15, 0.2) is 23.4 Å². The van der Waals surface area contributed by atoms with Gasteiger partial charge in [-0.05, 0) is 31.7 Å². The van der Waals surface area contributed by atoms with E-state index in [1.807, 2.05) is 6.92 Å². The van der Waals surface area contributed by atoms with Crippen molar-refractivity contribution < 1.29 is 8.42 Å². The van der Waals surface area contributed by atoms with Gasteiger partial charge in [0.1, 0.15) is 4.90 Å². The van der Waals surface area contributed by atoms with Gasteiger partial charge in [0.2, 0.25) is 10.0 Å². The maximum Gasteiger partial charge on any atom is 0.244 e. The minimum atomic E-state index is -3.55. The lowest BCUT2D eigenvalue weighted by atomic mass is 9.81. The van der Waals surface area contributed by atoms with Gasteiger partial charge >= 0.3 is 0 Å². The molecule has 2 rings (SSSR count). The summed E-state index contributed by atoms with van der Waals surface area (Å²) in [5.41, 5.74) is 5.88. The first-order valence-electron chi connectivity index (χ1n) is 5.72. The number of hydrogen-bond acceptors (Lipinski definition) is 4. The Balaban J connectivity index is 2.16. The molecule has 1 fully saturated rings. The van der Waals surface area contributed by atoms with Gasteiger partial charge in [-0.3, -0.25) is 4.98 Å². The largest absolute Gasteiger partial charge is 0.398 e. The Bertz CT molecular complexity index is 497. The first-order valence-corrected chi connectivity index (χ1v) is 7.21. The van der Waals surface area contributed by atoms with Gasteiger partial charge < -0.3 is 5.73 Å². The summed E-state index contributed by atoms with van der Waals surface area (Å²) in [4.78, 5) is 3.86. The van der Waals surface area contributed by atoms with E-state index in [0.717, 1.165) is 12.8 Å². The number of nitrogens with zero attached hydrogens (tertiary/aromatic N) is 1. The number of aromatic nitrogens is 1. The molecular formula is C11H17N3O2S. The highest BCUT2D eigenvalue weighted by Crippen LogP contribution is 2.30. The van der Waals surface area contributed by atoms with E-state index in [1.165, 1.54) is 24.9 Å². The average Bonchev–Trinajstić information content (AvgIpc) is 2.13. The molecule has 1 aliphatic rings. The molecule has 0 saturated heterocycles. The highest BCUT2D eigenvalue weighted by Gasteiger charge is 2.28. The van der Waals surface area contributed by atoms with Gasteiger partial charge in [-0.15, -0.1) is 0 Å². The van der Waals surface area contributed by atoms with Crippen LogP contribution in [0, 0.1) is 5.92 Å². The summed E-state index contributed by atoms with van der Waals surface area (Å²) >= 11 is 0. The van der Waals surface area contributed by atoms with Crippen molar-refractivity contribution in [2.75, 3.05) is 5.73 Å². The summed E-state index contributed by atoms with van der Waals surface area (Å²) < 4.78 is 26.8. The standard InChI is InChI=1S/C11H17N3O2S/c1-8(9-3-2-4-9)14-17(15,16)11-7-13-6-5-10(11)12/h5-9,14H,2-4H2,1H3,(H2,12,13). The fraction of sp³-hybridized carbons (Fsp3) is 0.545. The summed E-state index contributed by atoms with van der Waals surface area (Å²) in [6, 6.07) is 1.44. The Morgan fingerprint density at radius 3 is 2.76 bits per heavy atom. The molecule has 1 atom stereocenters. The van der Waals surface area contributed by atoms with Crippen molar-refractivity contribution in [1.82, 2.24) is 9.71 Å². The summed E-state index contributed by atoms with van der Waals surface area (Å²) in [6.07, 6.45) is 6.12. The van der Waals surface area contributed by atoms with Gasteiger partial charge in [0.15, 0.2) is 0 Å². The second-order valence-electron chi connectivity index (χ2n) is 4.51. The highest BCUT2D eigenvalue weighted by molar-refractivity contribution is 7.89. The molecule has 17 heavy (non-hydrogen) atoms.